The van der Waals surface area contributed by atoms with Crippen LogP contribution in [0.15, 0.2) is 18.2 Å². The lowest BCUT2D eigenvalue weighted by molar-refractivity contribution is -0.137. The average molecular weight is 366 g/mol. The van der Waals surface area contributed by atoms with E-state index in [-0.39, 0.29) is 32.3 Å². The quantitative estimate of drug-likeness (QED) is 0.467. The van der Waals surface area contributed by atoms with Crippen molar-refractivity contribution in [1.82, 2.24) is 10.6 Å². The molecule has 1 aromatic rings. The number of hydrogen-bond acceptors (Lipinski definition) is 6. The van der Waals surface area contributed by atoms with Crippen LogP contribution in [0.4, 0.5) is 0 Å². The Hall–Kier alpha value is -2.32. The van der Waals surface area contributed by atoms with Gasteiger partial charge in [0.1, 0.15) is 6.10 Å². The number of aliphatic hydroxyl groups excluding tert-OH is 2. The lowest BCUT2D eigenvalue weighted by atomic mass is 9.87. The van der Waals surface area contributed by atoms with Crippen LogP contribution < -0.4 is 20.1 Å². The largest absolute Gasteiger partial charge is 0.454 e. The summed E-state index contributed by atoms with van der Waals surface area (Å²) in [5.41, 5.74) is -0.00299. The molecule has 26 heavy (non-hydrogen) atoms. The standard InChI is InChI=1S/C18H26N2O6/c1-18(2,10-21)16(23)17(24)19-7-3-4-15(22)20-9-12-5-6-13-14(8-12)26-11-25-13/h5-6,8,16,21,23H,3-4,7,9-11H2,1-2H3,(H,19,24)(H,20,22)/t16-/m0/s1. The lowest BCUT2D eigenvalue weighted by Crippen LogP contribution is -2.45. The summed E-state index contributed by atoms with van der Waals surface area (Å²) >= 11 is 0. The zero-order valence-corrected chi connectivity index (χ0v) is 15.1. The lowest BCUT2D eigenvalue weighted by Gasteiger charge is -2.27. The number of carbonyl (C=O) groups is 2. The Labute approximate surface area is 152 Å². The molecule has 0 saturated heterocycles. The second-order valence-electron chi connectivity index (χ2n) is 6.91. The Bertz CT molecular complexity index is 647. The van der Waals surface area contributed by atoms with E-state index in [0.29, 0.717) is 24.5 Å². The molecule has 144 valence electrons. The maximum atomic E-state index is 11.9. The number of ether oxygens (including phenoxy) is 2. The van der Waals surface area contributed by atoms with Crippen LogP contribution in [0.2, 0.25) is 0 Å². The van der Waals surface area contributed by atoms with Crippen LogP contribution in [0.25, 0.3) is 0 Å². The molecule has 2 rings (SSSR count). The van der Waals surface area contributed by atoms with E-state index in [1.165, 1.54) is 0 Å². The van der Waals surface area contributed by atoms with Crippen molar-refractivity contribution in [3.8, 4) is 11.5 Å². The van der Waals surface area contributed by atoms with Crippen LogP contribution in [0.1, 0.15) is 32.3 Å². The van der Waals surface area contributed by atoms with Gasteiger partial charge in [-0.05, 0) is 24.1 Å². The van der Waals surface area contributed by atoms with Gasteiger partial charge in [-0.2, -0.15) is 0 Å². The van der Waals surface area contributed by atoms with E-state index in [2.05, 4.69) is 10.6 Å². The summed E-state index contributed by atoms with van der Waals surface area (Å²) in [5, 5.41) is 24.4. The van der Waals surface area contributed by atoms with Crippen LogP contribution in [-0.2, 0) is 16.1 Å². The first kappa shape index (κ1) is 20.0. The molecule has 0 aliphatic carbocycles. The molecule has 0 aromatic heterocycles. The highest BCUT2D eigenvalue weighted by Crippen LogP contribution is 2.32. The Balaban J connectivity index is 1.64. The number of aliphatic hydroxyl groups is 2. The number of carbonyl (C=O) groups excluding carboxylic acids is 2. The highest BCUT2D eigenvalue weighted by molar-refractivity contribution is 5.81. The molecule has 0 bridgehead atoms. The maximum Gasteiger partial charge on any atom is 0.249 e. The predicted molar refractivity (Wildman–Crippen MR) is 93.5 cm³/mol. The molecule has 1 aliphatic rings. The summed E-state index contributed by atoms with van der Waals surface area (Å²) in [4.78, 5) is 23.7. The van der Waals surface area contributed by atoms with Gasteiger partial charge in [-0.25, -0.2) is 0 Å². The summed E-state index contributed by atoms with van der Waals surface area (Å²) in [6, 6.07) is 5.49. The molecule has 1 atom stereocenters. The van der Waals surface area contributed by atoms with Gasteiger partial charge in [-0.15, -0.1) is 0 Å². The van der Waals surface area contributed by atoms with Gasteiger partial charge in [0.15, 0.2) is 11.5 Å². The van der Waals surface area contributed by atoms with Crippen LogP contribution in [-0.4, -0.2) is 48.1 Å². The van der Waals surface area contributed by atoms with E-state index in [1.54, 1.807) is 19.9 Å². The minimum absolute atomic E-state index is 0.131. The van der Waals surface area contributed by atoms with Crippen molar-refractivity contribution in [2.45, 2.75) is 39.3 Å². The van der Waals surface area contributed by atoms with Crippen molar-refractivity contribution in [2.24, 2.45) is 5.41 Å². The highest BCUT2D eigenvalue weighted by atomic mass is 16.7. The van der Waals surface area contributed by atoms with Gasteiger partial charge in [0.2, 0.25) is 18.6 Å². The zero-order valence-electron chi connectivity index (χ0n) is 15.1. The Morgan fingerprint density at radius 3 is 2.69 bits per heavy atom. The molecule has 0 radical (unpaired) electrons. The van der Waals surface area contributed by atoms with E-state index >= 15 is 0 Å². The van der Waals surface area contributed by atoms with Gasteiger partial charge >= 0.3 is 0 Å². The first-order chi connectivity index (χ1) is 12.3. The number of amides is 2. The Kier molecular flexibility index (Phi) is 6.82. The van der Waals surface area contributed by atoms with Crippen molar-refractivity contribution in [3.05, 3.63) is 23.8 Å². The molecule has 0 unspecified atom stereocenters. The third-order valence-corrected chi connectivity index (χ3v) is 4.20. The second kappa shape index (κ2) is 8.86. The van der Waals surface area contributed by atoms with Crippen molar-refractivity contribution >= 4 is 11.8 Å². The third-order valence-electron chi connectivity index (χ3n) is 4.20. The number of hydrogen-bond donors (Lipinski definition) is 4. The molecular weight excluding hydrogens is 340 g/mol. The van der Waals surface area contributed by atoms with E-state index in [4.69, 9.17) is 14.6 Å². The van der Waals surface area contributed by atoms with Crippen LogP contribution in [0.3, 0.4) is 0 Å². The number of rotatable bonds is 9. The number of nitrogens with one attached hydrogen (secondary N) is 2. The van der Waals surface area contributed by atoms with Crippen LogP contribution in [0.5, 0.6) is 11.5 Å². The summed E-state index contributed by atoms with van der Waals surface area (Å²) in [5.74, 6) is 0.684. The van der Waals surface area contributed by atoms with Crippen molar-refractivity contribution in [1.29, 1.82) is 0 Å². The van der Waals surface area contributed by atoms with Crippen LogP contribution in [0, 0.1) is 5.41 Å². The molecule has 2 amide bonds. The minimum Gasteiger partial charge on any atom is -0.454 e. The van der Waals surface area contributed by atoms with E-state index in [0.717, 1.165) is 5.56 Å². The highest BCUT2D eigenvalue weighted by Gasteiger charge is 2.32. The van der Waals surface area contributed by atoms with Gasteiger partial charge < -0.3 is 30.3 Å². The average Bonchev–Trinajstić information content (AvgIpc) is 3.10. The fraction of sp³-hybridized carbons (Fsp3) is 0.556. The Morgan fingerprint density at radius 2 is 1.96 bits per heavy atom. The summed E-state index contributed by atoms with van der Waals surface area (Å²) in [6.07, 6.45) is -0.595. The van der Waals surface area contributed by atoms with Gasteiger partial charge in [0.25, 0.3) is 0 Å². The van der Waals surface area contributed by atoms with Gasteiger partial charge in [-0.1, -0.05) is 19.9 Å². The third kappa shape index (κ3) is 5.34. The van der Waals surface area contributed by atoms with Crippen molar-refractivity contribution < 1.29 is 29.3 Å². The molecule has 1 aromatic carbocycles. The molecule has 1 heterocycles. The van der Waals surface area contributed by atoms with Gasteiger partial charge in [-0.3, -0.25) is 9.59 Å². The zero-order chi connectivity index (χ0) is 19.2. The van der Waals surface area contributed by atoms with Crippen LogP contribution >= 0.6 is 0 Å². The molecule has 0 saturated carbocycles. The number of fused-ring (bicyclic) bond motifs is 1. The number of benzene rings is 1. The predicted octanol–water partition coefficient (Wildman–Crippen LogP) is 0.307. The first-order valence-corrected chi connectivity index (χ1v) is 8.55. The molecule has 8 heteroatoms. The summed E-state index contributed by atoms with van der Waals surface area (Å²) in [6.45, 7) is 3.76. The van der Waals surface area contributed by atoms with Gasteiger partial charge in [0.05, 0.1) is 6.61 Å². The summed E-state index contributed by atoms with van der Waals surface area (Å²) in [7, 11) is 0. The molecule has 0 spiro atoms. The molecule has 8 nitrogen and oxygen atoms in total. The monoisotopic (exact) mass is 366 g/mol. The van der Waals surface area contributed by atoms with Crippen molar-refractivity contribution in [3.63, 3.8) is 0 Å². The fourth-order valence-corrected chi connectivity index (χ4v) is 2.34. The molecule has 0 fully saturated rings. The van der Waals surface area contributed by atoms with Gasteiger partial charge in [0, 0.05) is 24.9 Å². The normalized spacial score (nSPS) is 14.0. The van der Waals surface area contributed by atoms with E-state index in [1.807, 2.05) is 12.1 Å². The van der Waals surface area contributed by atoms with E-state index in [9.17, 15) is 14.7 Å². The molecule has 4 N–H and O–H groups in total. The fourth-order valence-electron chi connectivity index (χ4n) is 2.34. The first-order valence-electron chi connectivity index (χ1n) is 8.55. The second-order valence-corrected chi connectivity index (χ2v) is 6.91. The minimum atomic E-state index is -1.30. The smallest absolute Gasteiger partial charge is 0.249 e. The van der Waals surface area contributed by atoms with E-state index < -0.39 is 17.4 Å². The Morgan fingerprint density at radius 1 is 1.23 bits per heavy atom. The molecular formula is C18H26N2O6. The maximum absolute atomic E-state index is 11.9. The van der Waals surface area contributed by atoms with Crippen molar-refractivity contribution in [2.75, 3.05) is 19.9 Å². The SMILES string of the molecule is CC(C)(CO)[C@@H](O)C(=O)NCCCC(=O)NCc1ccc2c(c1)OCO2. The topological polar surface area (TPSA) is 117 Å². The summed E-state index contributed by atoms with van der Waals surface area (Å²) < 4.78 is 10.5. The molecule has 1 aliphatic heterocycles.